The highest BCUT2D eigenvalue weighted by Gasteiger charge is 2.23. The van der Waals surface area contributed by atoms with Crippen LogP contribution in [0.15, 0.2) is 40.4 Å². The minimum Gasteiger partial charge on any atom is -0.473 e. The first kappa shape index (κ1) is 28.6. The third-order valence-corrected chi connectivity index (χ3v) is 9.05. The van der Waals surface area contributed by atoms with Crippen LogP contribution in [0.2, 0.25) is 0 Å². The van der Waals surface area contributed by atoms with Crippen LogP contribution in [0.1, 0.15) is 32.6 Å². The van der Waals surface area contributed by atoms with Gasteiger partial charge in [0.2, 0.25) is 16.9 Å². The number of hydrogen-bond acceptors (Lipinski definition) is 11. The van der Waals surface area contributed by atoms with Crippen molar-refractivity contribution in [1.82, 2.24) is 40.3 Å². The Morgan fingerprint density at radius 2 is 1.95 bits per heavy atom. The van der Waals surface area contributed by atoms with Crippen molar-refractivity contribution in [2.75, 3.05) is 44.7 Å². The minimum absolute atomic E-state index is 0.00815. The Morgan fingerprint density at radius 1 is 1.12 bits per heavy atom. The molecule has 1 saturated carbocycles. The fourth-order valence-electron chi connectivity index (χ4n) is 5.08. The van der Waals surface area contributed by atoms with Gasteiger partial charge in [-0.15, -0.1) is 15.3 Å². The van der Waals surface area contributed by atoms with Crippen molar-refractivity contribution in [2.45, 2.75) is 54.8 Å². The van der Waals surface area contributed by atoms with Gasteiger partial charge in [-0.3, -0.25) is 15.0 Å². The number of aromatic nitrogens is 5. The van der Waals surface area contributed by atoms with Crippen molar-refractivity contribution in [3.8, 4) is 5.88 Å². The third-order valence-electron chi connectivity index (χ3n) is 7.19. The summed E-state index contributed by atoms with van der Waals surface area (Å²) in [5.74, 6) is 0.526. The standard InChI is InChI=1S/C27H33N9O4S2/c1-17(37)29-18-2-4-19(5-3-18)40-24-9-8-23-32-33-27(36(23)34-24)41-20-6-7-21-22(16-20)42-26(30-21)31-25(38)28-10-11-35-12-14-39-15-13-35/h6-9,16,18-19H,2-5,10-15H2,1H3,(H,29,37)(H2,28,30,31,38). The quantitative estimate of drug-likeness (QED) is 0.258. The number of amides is 3. The number of benzene rings is 1. The number of morpholine rings is 1. The Morgan fingerprint density at radius 3 is 2.76 bits per heavy atom. The van der Waals surface area contributed by atoms with Crippen molar-refractivity contribution in [3.63, 3.8) is 0 Å². The van der Waals surface area contributed by atoms with Crippen molar-refractivity contribution in [2.24, 2.45) is 0 Å². The van der Waals surface area contributed by atoms with Gasteiger partial charge < -0.3 is 20.1 Å². The molecule has 15 heteroatoms. The molecule has 2 fully saturated rings. The molecule has 3 amide bonds. The first-order chi connectivity index (χ1) is 20.5. The maximum absolute atomic E-state index is 12.4. The summed E-state index contributed by atoms with van der Waals surface area (Å²) in [7, 11) is 0. The van der Waals surface area contributed by atoms with Gasteiger partial charge in [0.25, 0.3) is 0 Å². The fourth-order valence-corrected chi connectivity index (χ4v) is 6.88. The van der Waals surface area contributed by atoms with Crippen molar-refractivity contribution in [3.05, 3.63) is 30.3 Å². The highest BCUT2D eigenvalue weighted by atomic mass is 32.2. The number of carbonyl (C=O) groups excluding carboxylic acids is 2. The summed E-state index contributed by atoms with van der Waals surface area (Å²) in [5, 5.41) is 23.1. The van der Waals surface area contributed by atoms with Crippen LogP contribution in [0.25, 0.3) is 15.9 Å². The van der Waals surface area contributed by atoms with E-state index < -0.39 is 0 Å². The first-order valence-electron chi connectivity index (χ1n) is 14.1. The van der Waals surface area contributed by atoms with Crippen LogP contribution in [0.3, 0.4) is 0 Å². The molecule has 4 aromatic rings. The maximum Gasteiger partial charge on any atom is 0.321 e. The van der Waals surface area contributed by atoms with E-state index in [0.29, 0.717) is 28.4 Å². The van der Waals surface area contributed by atoms with E-state index in [1.54, 1.807) is 11.4 Å². The number of carbonyl (C=O) groups is 2. The number of urea groups is 1. The first-order valence-corrected chi connectivity index (χ1v) is 15.7. The summed E-state index contributed by atoms with van der Waals surface area (Å²) >= 11 is 2.86. The molecule has 0 bridgehead atoms. The van der Waals surface area contributed by atoms with Crippen LogP contribution < -0.4 is 20.7 Å². The molecule has 3 aromatic heterocycles. The monoisotopic (exact) mass is 611 g/mol. The predicted molar refractivity (Wildman–Crippen MR) is 159 cm³/mol. The van der Waals surface area contributed by atoms with E-state index in [2.05, 4.69) is 41.1 Å². The van der Waals surface area contributed by atoms with Gasteiger partial charge in [0.05, 0.1) is 23.4 Å². The lowest BCUT2D eigenvalue weighted by Crippen LogP contribution is -2.42. The molecule has 0 unspecified atom stereocenters. The number of hydrogen-bond donors (Lipinski definition) is 3. The van der Waals surface area contributed by atoms with Crippen LogP contribution in [-0.4, -0.2) is 93.2 Å². The van der Waals surface area contributed by atoms with Gasteiger partial charge in [-0.25, -0.2) is 9.78 Å². The lowest BCUT2D eigenvalue weighted by atomic mass is 9.93. The molecule has 13 nitrogen and oxygen atoms in total. The average Bonchev–Trinajstić information content (AvgIpc) is 3.57. The Labute approximate surface area is 250 Å². The number of fused-ring (bicyclic) bond motifs is 2. The number of nitrogens with one attached hydrogen (secondary N) is 3. The molecular weight excluding hydrogens is 578 g/mol. The van der Waals surface area contributed by atoms with Crippen LogP contribution in [-0.2, 0) is 9.53 Å². The number of thiazole rings is 1. The summed E-state index contributed by atoms with van der Waals surface area (Å²) in [6.45, 7) is 6.15. The number of rotatable bonds is 9. The van der Waals surface area contributed by atoms with Crippen molar-refractivity contribution >= 4 is 56.0 Å². The van der Waals surface area contributed by atoms with Crippen LogP contribution in [0.5, 0.6) is 5.88 Å². The molecular formula is C27H33N9O4S2. The molecule has 0 radical (unpaired) electrons. The summed E-state index contributed by atoms with van der Waals surface area (Å²) in [5.41, 5.74) is 1.44. The molecule has 0 spiro atoms. The van der Waals surface area contributed by atoms with Gasteiger partial charge in [0, 0.05) is 50.1 Å². The Balaban J connectivity index is 1.05. The van der Waals surface area contributed by atoms with E-state index in [1.165, 1.54) is 23.1 Å². The zero-order valence-electron chi connectivity index (χ0n) is 23.2. The number of anilines is 1. The normalized spacial score (nSPS) is 19.5. The molecule has 1 aliphatic carbocycles. The Bertz CT molecular complexity index is 1550. The topological polar surface area (TPSA) is 148 Å². The molecule has 42 heavy (non-hydrogen) atoms. The van der Waals surface area contributed by atoms with Gasteiger partial charge in [0.15, 0.2) is 10.8 Å². The molecule has 3 N–H and O–H groups in total. The highest BCUT2D eigenvalue weighted by molar-refractivity contribution is 7.99. The van der Waals surface area contributed by atoms with Crippen LogP contribution in [0.4, 0.5) is 9.93 Å². The lowest BCUT2D eigenvalue weighted by Gasteiger charge is -2.28. The summed E-state index contributed by atoms with van der Waals surface area (Å²) in [4.78, 5) is 31.5. The summed E-state index contributed by atoms with van der Waals surface area (Å²) < 4.78 is 14.2. The second-order valence-corrected chi connectivity index (χ2v) is 12.4. The van der Waals surface area contributed by atoms with Crippen LogP contribution >= 0.6 is 23.1 Å². The molecule has 6 rings (SSSR count). The smallest absolute Gasteiger partial charge is 0.321 e. The van der Waals surface area contributed by atoms with Crippen LogP contribution in [0, 0.1) is 0 Å². The van der Waals surface area contributed by atoms with E-state index in [4.69, 9.17) is 9.47 Å². The van der Waals surface area contributed by atoms with Crippen molar-refractivity contribution in [1.29, 1.82) is 0 Å². The SMILES string of the molecule is CC(=O)NC1CCC(Oc2ccc3nnc(Sc4ccc5nc(NC(=O)NCCN6CCOCC6)sc5c4)n3n2)CC1. The van der Waals surface area contributed by atoms with E-state index in [1.807, 2.05) is 30.3 Å². The van der Waals surface area contributed by atoms with E-state index >= 15 is 0 Å². The van der Waals surface area contributed by atoms with E-state index in [-0.39, 0.29) is 24.1 Å². The molecule has 1 aliphatic heterocycles. The highest BCUT2D eigenvalue weighted by Crippen LogP contribution is 2.33. The van der Waals surface area contributed by atoms with Crippen molar-refractivity contribution < 1.29 is 19.1 Å². The van der Waals surface area contributed by atoms with Gasteiger partial charge >= 0.3 is 6.03 Å². The fraction of sp³-hybridized carbons (Fsp3) is 0.481. The molecule has 1 saturated heterocycles. The largest absolute Gasteiger partial charge is 0.473 e. The molecule has 2 aliphatic rings. The van der Waals surface area contributed by atoms with Gasteiger partial charge in [-0.1, -0.05) is 11.3 Å². The van der Waals surface area contributed by atoms with E-state index in [0.717, 1.165) is 73.6 Å². The molecule has 4 heterocycles. The van der Waals surface area contributed by atoms with Gasteiger partial charge in [-0.2, -0.15) is 4.52 Å². The second-order valence-electron chi connectivity index (χ2n) is 10.3. The minimum atomic E-state index is -0.267. The number of ether oxygens (including phenoxy) is 2. The maximum atomic E-state index is 12.4. The zero-order valence-corrected chi connectivity index (χ0v) is 24.9. The van der Waals surface area contributed by atoms with Gasteiger partial charge in [-0.05, 0) is 61.7 Å². The average molecular weight is 612 g/mol. The summed E-state index contributed by atoms with van der Waals surface area (Å²) in [6.07, 6.45) is 3.54. The number of nitrogens with zero attached hydrogens (tertiary/aromatic N) is 6. The van der Waals surface area contributed by atoms with Gasteiger partial charge in [0.1, 0.15) is 6.10 Å². The lowest BCUT2D eigenvalue weighted by molar-refractivity contribution is -0.120. The third kappa shape index (κ3) is 7.27. The molecule has 0 atom stereocenters. The molecule has 222 valence electrons. The Kier molecular flexibility index (Phi) is 8.98. The zero-order chi connectivity index (χ0) is 28.9. The summed E-state index contributed by atoms with van der Waals surface area (Å²) in [6, 6.07) is 9.52. The molecule has 1 aromatic carbocycles. The predicted octanol–water partition coefficient (Wildman–Crippen LogP) is 3.17. The second kappa shape index (κ2) is 13.2. The Hall–Kier alpha value is -3.53. The van der Waals surface area contributed by atoms with E-state index in [9.17, 15) is 9.59 Å².